The number of anilines is 2. The summed E-state index contributed by atoms with van der Waals surface area (Å²) in [5.74, 6) is -0.405. The maximum Gasteiger partial charge on any atom is 0.229 e. The normalized spacial score (nSPS) is 16.5. The Bertz CT molecular complexity index is 901. The van der Waals surface area contributed by atoms with Crippen LogP contribution < -0.4 is 10.2 Å². The van der Waals surface area contributed by atoms with E-state index in [1.54, 1.807) is 0 Å². The molecule has 1 N–H and O–H groups in total. The molecular weight excluding hydrogens is 416 g/mol. The Morgan fingerprint density at radius 1 is 1.14 bits per heavy atom. The molecule has 0 unspecified atom stereocenters. The first-order valence-corrected chi connectivity index (χ1v) is 10.6. The van der Waals surface area contributed by atoms with Gasteiger partial charge in [0.25, 0.3) is 0 Å². The number of carbonyl (C=O) groups excluding carboxylic acids is 2. The predicted molar refractivity (Wildman–Crippen MR) is 118 cm³/mol. The van der Waals surface area contributed by atoms with Crippen LogP contribution in [0.15, 0.2) is 34.8 Å². The molecule has 1 aliphatic rings. The van der Waals surface area contributed by atoms with Crippen LogP contribution in [0.2, 0.25) is 0 Å². The minimum Gasteiger partial charge on any atom is -0.326 e. The number of carbonyl (C=O) groups is 2. The van der Waals surface area contributed by atoms with Crippen LogP contribution in [0.25, 0.3) is 0 Å². The SMILES string of the molecule is CCc1cccc(CC)c1N1C[C@@H](C(=O)Nc2cc(C)c(Br)cc2C)CC1=O. The van der Waals surface area contributed by atoms with E-state index in [4.69, 9.17) is 0 Å². The van der Waals surface area contributed by atoms with Gasteiger partial charge >= 0.3 is 0 Å². The average molecular weight is 443 g/mol. The monoisotopic (exact) mass is 442 g/mol. The Balaban J connectivity index is 1.82. The van der Waals surface area contributed by atoms with Gasteiger partial charge in [0.05, 0.1) is 5.92 Å². The zero-order valence-corrected chi connectivity index (χ0v) is 18.5. The van der Waals surface area contributed by atoms with Crippen molar-refractivity contribution < 1.29 is 9.59 Å². The van der Waals surface area contributed by atoms with Gasteiger partial charge in [-0.3, -0.25) is 9.59 Å². The number of hydrogen-bond donors (Lipinski definition) is 1. The first-order chi connectivity index (χ1) is 13.3. The average Bonchev–Trinajstić information content (AvgIpc) is 3.06. The van der Waals surface area contributed by atoms with Crippen LogP contribution >= 0.6 is 15.9 Å². The van der Waals surface area contributed by atoms with Crippen LogP contribution in [-0.2, 0) is 22.4 Å². The zero-order chi connectivity index (χ0) is 20.4. The van der Waals surface area contributed by atoms with Crippen molar-refractivity contribution >= 4 is 39.1 Å². The van der Waals surface area contributed by atoms with Crippen molar-refractivity contribution in [3.05, 3.63) is 57.1 Å². The van der Waals surface area contributed by atoms with Crippen LogP contribution in [0, 0.1) is 19.8 Å². The lowest BCUT2D eigenvalue weighted by molar-refractivity contribution is -0.122. The molecule has 28 heavy (non-hydrogen) atoms. The Hall–Kier alpha value is -2.14. The van der Waals surface area contributed by atoms with E-state index < -0.39 is 0 Å². The van der Waals surface area contributed by atoms with E-state index in [-0.39, 0.29) is 24.2 Å². The molecule has 1 aliphatic heterocycles. The maximum absolute atomic E-state index is 12.9. The van der Waals surface area contributed by atoms with Gasteiger partial charge in [-0.1, -0.05) is 48.0 Å². The van der Waals surface area contributed by atoms with Gasteiger partial charge in [-0.15, -0.1) is 0 Å². The van der Waals surface area contributed by atoms with Crippen molar-refractivity contribution in [1.82, 2.24) is 0 Å². The maximum atomic E-state index is 12.9. The van der Waals surface area contributed by atoms with E-state index in [2.05, 4.69) is 47.2 Å². The summed E-state index contributed by atoms with van der Waals surface area (Å²) in [4.78, 5) is 27.5. The molecule has 0 bridgehead atoms. The van der Waals surface area contributed by atoms with Crippen LogP contribution in [0.1, 0.15) is 42.5 Å². The van der Waals surface area contributed by atoms with Crippen LogP contribution in [-0.4, -0.2) is 18.4 Å². The second kappa shape index (κ2) is 8.48. The summed E-state index contributed by atoms with van der Waals surface area (Å²) in [6.07, 6.45) is 1.98. The fraction of sp³-hybridized carbons (Fsp3) is 0.391. The van der Waals surface area contributed by atoms with Crippen molar-refractivity contribution in [2.24, 2.45) is 5.92 Å². The molecule has 1 fully saturated rings. The number of halogens is 1. The highest BCUT2D eigenvalue weighted by Crippen LogP contribution is 2.33. The Kier molecular flexibility index (Phi) is 6.23. The molecule has 1 heterocycles. The smallest absolute Gasteiger partial charge is 0.229 e. The van der Waals surface area contributed by atoms with Crippen LogP contribution in [0.4, 0.5) is 11.4 Å². The Labute approximate surface area is 175 Å². The van der Waals surface area contributed by atoms with Gasteiger partial charge in [-0.05, 0) is 61.1 Å². The summed E-state index contributed by atoms with van der Waals surface area (Å²) in [5, 5.41) is 3.03. The minimum absolute atomic E-state index is 0.0273. The quantitative estimate of drug-likeness (QED) is 0.692. The van der Waals surface area contributed by atoms with Gasteiger partial charge in [-0.2, -0.15) is 0 Å². The first kappa shape index (κ1) is 20.6. The number of rotatable bonds is 5. The lowest BCUT2D eigenvalue weighted by Crippen LogP contribution is -2.29. The number of benzene rings is 2. The summed E-state index contributed by atoms with van der Waals surface area (Å²) < 4.78 is 1.02. The zero-order valence-electron chi connectivity index (χ0n) is 16.9. The lowest BCUT2D eigenvalue weighted by Gasteiger charge is -2.23. The molecule has 2 aromatic carbocycles. The summed E-state index contributed by atoms with van der Waals surface area (Å²) in [7, 11) is 0. The van der Waals surface area contributed by atoms with E-state index in [0.717, 1.165) is 50.9 Å². The van der Waals surface area contributed by atoms with E-state index in [0.29, 0.717) is 6.54 Å². The number of aryl methyl sites for hydroxylation is 4. The van der Waals surface area contributed by atoms with Gasteiger partial charge < -0.3 is 10.2 Å². The van der Waals surface area contributed by atoms with E-state index in [1.165, 1.54) is 0 Å². The second-order valence-electron chi connectivity index (χ2n) is 7.44. The highest BCUT2D eigenvalue weighted by atomic mass is 79.9. The molecule has 4 nitrogen and oxygen atoms in total. The van der Waals surface area contributed by atoms with E-state index >= 15 is 0 Å². The Morgan fingerprint density at radius 2 is 1.79 bits per heavy atom. The second-order valence-corrected chi connectivity index (χ2v) is 8.30. The van der Waals surface area contributed by atoms with Gasteiger partial charge in [0.1, 0.15) is 0 Å². The fourth-order valence-corrected chi connectivity index (χ4v) is 4.27. The van der Waals surface area contributed by atoms with E-state index in [9.17, 15) is 9.59 Å². The molecule has 3 rings (SSSR count). The van der Waals surface area contributed by atoms with Gasteiger partial charge in [0, 0.05) is 28.8 Å². The van der Waals surface area contributed by atoms with Crippen molar-refractivity contribution in [2.45, 2.75) is 47.0 Å². The van der Waals surface area contributed by atoms with Crippen LogP contribution in [0.5, 0.6) is 0 Å². The predicted octanol–water partition coefficient (Wildman–Crippen LogP) is 5.18. The third-order valence-corrected chi connectivity index (χ3v) is 6.35. The number of hydrogen-bond acceptors (Lipinski definition) is 2. The third-order valence-electron chi connectivity index (χ3n) is 5.49. The Morgan fingerprint density at radius 3 is 2.39 bits per heavy atom. The number of nitrogens with zero attached hydrogens (tertiary/aromatic N) is 1. The molecule has 0 spiro atoms. The fourth-order valence-electron chi connectivity index (χ4n) is 3.81. The molecule has 148 valence electrons. The standard InChI is InChI=1S/C23H27BrN2O2/c1-5-16-8-7-9-17(6-2)22(16)26-13-18(12-21(26)27)23(28)25-20-11-14(3)19(24)10-15(20)4/h7-11,18H,5-6,12-13H2,1-4H3,(H,25,28)/t18-/m0/s1. The molecule has 0 radical (unpaired) electrons. The molecule has 1 atom stereocenters. The van der Waals surface area contributed by atoms with Gasteiger partial charge in [-0.25, -0.2) is 0 Å². The number of para-hydroxylation sites is 1. The van der Waals surface area contributed by atoms with Crippen molar-refractivity contribution in [3.8, 4) is 0 Å². The molecule has 2 aromatic rings. The minimum atomic E-state index is -0.342. The topological polar surface area (TPSA) is 49.4 Å². The molecule has 0 saturated carbocycles. The number of amides is 2. The number of nitrogens with one attached hydrogen (secondary N) is 1. The van der Waals surface area contributed by atoms with Crippen LogP contribution in [0.3, 0.4) is 0 Å². The highest BCUT2D eigenvalue weighted by Gasteiger charge is 2.36. The summed E-state index contributed by atoms with van der Waals surface area (Å²) >= 11 is 3.52. The lowest BCUT2D eigenvalue weighted by atomic mass is 10.0. The molecular formula is C23H27BrN2O2. The molecule has 2 amide bonds. The first-order valence-electron chi connectivity index (χ1n) is 9.84. The molecule has 0 aromatic heterocycles. The highest BCUT2D eigenvalue weighted by molar-refractivity contribution is 9.10. The van der Waals surface area contributed by atoms with Crippen molar-refractivity contribution in [2.75, 3.05) is 16.8 Å². The third kappa shape index (κ3) is 4.00. The largest absolute Gasteiger partial charge is 0.326 e. The summed E-state index contributed by atoms with van der Waals surface area (Å²) in [5.41, 5.74) is 6.19. The molecule has 0 aliphatic carbocycles. The van der Waals surface area contributed by atoms with Crippen molar-refractivity contribution in [1.29, 1.82) is 0 Å². The van der Waals surface area contributed by atoms with E-state index in [1.807, 2.05) is 36.9 Å². The van der Waals surface area contributed by atoms with Gasteiger partial charge in [0.15, 0.2) is 0 Å². The molecule has 1 saturated heterocycles. The van der Waals surface area contributed by atoms with Gasteiger partial charge in [0.2, 0.25) is 11.8 Å². The molecule has 5 heteroatoms. The van der Waals surface area contributed by atoms with Crippen molar-refractivity contribution in [3.63, 3.8) is 0 Å². The summed E-state index contributed by atoms with van der Waals surface area (Å²) in [6.45, 7) is 8.59. The summed E-state index contributed by atoms with van der Waals surface area (Å²) in [6, 6.07) is 10.2.